The van der Waals surface area contributed by atoms with Gasteiger partial charge in [0.25, 0.3) is 0 Å². The molecule has 0 nitrogen and oxygen atoms in total. The third-order valence-corrected chi connectivity index (χ3v) is 4.11. The second-order valence-electron chi connectivity index (χ2n) is 4.86. The van der Waals surface area contributed by atoms with Gasteiger partial charge >= 0.3 is 0 Å². The van der Waals surface area contributed by atoms with Crippen molar-refractivity contribution < 1.29 is 0 Å². The highest BCUT2D eigenvalue weighted by Gasteiger charge is 2.43. The van der Waals surface area contributed by atoms with E-state index in [0.29, 0.717) is 5.41 Å². The van der Waals surface area contributed by atoms with Crippen molar-refractivity contribution in [2.24, 2.45) is 17.3 Å². The molecule has 0 aromatic carbocycles. The molecule has 1 saturated carbocycles. The Morgan fingerprint density at radius 1 is 1.69 bits per heavy atom. The lowest BCUT2D eigenvalue weighted by molar-refractivity contribution is 0.246. The average Bonchev–Trinajstić information content (AvgIpc) is 2.74. The zero-order chi connectivity index (χ0) is 9.31. The van der Waals surface area contributed by atoms with Crippen molar-refractivity contribution in [2.75, 3.05) is 0 Å². The first-order chi connectivity index (χ1) is 6.27. The minimum absolute atomic E-state index is 0.591. The van der Waals surface area contributed by atoms with Gasteiger partial charge in [-0.1, -0.05) is 25.2 Å². The zero-order valence-electron chi connectivity index (χ0n) is 8.63. The van der Waals surface area contributed by atoms with E-state index in [2.05, 4.69) is 31.7 Å². The molecule has 0 saturated heterocycles. The minimum Gasteiger partial charge on any atom is -0.103 e. The molecular weight excluding hydrogens is 156 g/mol. The normalized spacial score (nSPS) is 38.1. The molecule has 2 rings (SSSR count). The Morgan fingerprint density at radius 2 is 2.54 bits per heavy atom. The highest BCUT2D eigenvalue weighted by atomic mass is 14.5. The van der Waals surface area contributed by atoms with Crippen LogP contribution in [0.4, 0.5) is 0 Å². The van der Waals surface area contributed by atoms with Gasteiger partial charge in [0.1, 0.15) is 0 Å². The first kappa shape index (κ1) is 9.05. The van der Waals surface area contributed by atoms with Crippen LogP contribution < -0.4 is 0 Å². The molecule has 2 bridgehead atoms. The summed E-state index contributed by atoms with van der Waals surface area (Å²) in [5, 5.41) is 0. The van der Waals surface area contributed by atoms with Crippen molar-refractivity contribution in [1.29, 1.82) is 0 Å². The van der Waals surface area contributed by atoms with E-state index in [1.165, 1.54) is 32.1 Å². The van der Waals surface area contributed by atoms with E-state index in [1.807, 2.05) is 0 Å². The summed E-state index contributed by atoms with van der Waals surface area (Å²) in [4.78, 5) is 0. The van der Waals surface area contributed by atoms with Gasteiger partial charge in [0, 0.05) is 0 Å². The summed E-state index contributed by atoms with van der Waals surface area (Å²) in [6.07, 6.45) is 13.8. The van der Waals surface area contributed by atoms with Crippen LogP contribution in [0.15, 0.2) is 24.8 Å². The topological polar surface area (TPSA) is 0 Å². The molecule has 72 valence electrons. The van der Waals surface area contributed by atoms with Crippen LogP contribution in [0.25, 0.3) is 0 Å². The Hall–Kier alpha value is -0.520. The van der Waals surface area contributed by atoms with Crippen LogP contribution in [0.3, 0.4) is 0 Å². The molecule has 3 atom stereocenters. The molecule has 0 N–H and O–H groups in total. The molecule has 13 heavy (non-hydrogen) atoms. The summed E-state index contributed by atoms with van der Waals surface area (Å²) in [7, 11) is 0. The summed E-state index contributed by atoms with van der Waals surface area (Å²) in [5.41, 5.74) is 0.591. The summed E-state index contributed by atoms with van der Waals surface area (Å²) < 4.78 is 0. The van der Waals surface area contributed by atoms with Crippen molar-refractivity contribution >= 4 is 0 Å². The van der Waals surface area contributed by atoms with Gasteiger partial charge in [-0.25, -0.2) is 0 Å². The highest BCUT2D eigenvalue weighted by Crippen LogP contribution is 2.54. The predicted molar refractivity (Wildman–Crippen MR) is 57.5 cm³/mol. The molecule has 0 radical (unpaired) electrons. The lowest BCUT2D eigenvalue weighted by atomic mass is 9.74. The van der Waals surface area contributed by atoms with Gasteiger partial charge in [-0.05, 0) is 49.4 Å². The molecule has 0 aromatic heterocycles. The fourth-order valence-electron chi connectivity index (χ4n) is 3.06. The molecular formula is C13H20. The van der Waals surface area contributed by atoms with Crippen molar-refractivity contribution in [1.82, 2.24) is 0 Å². The van der Waals surface area contributed by atoms with Crippen molar-refractivity contribution in [2.45, 2.75) is 39.0 Å². The maximum atomic E-state index is 3.80. The van der Waals surface area contributed by atoms with Crippen LogP contribution in [0.5, 0.6) is 0 Å². The number of rotatable bonds is 4. The van der Waals surface area contributed by atoms with Gasteiger partial charge in [0.05, 0.1) is 0 Å². The quantitative estimate of drug-likeness (QED) is 0.569. The lowest BCUT2D eigenvalue weighted by Crippen LogP contribution is -2.21. The third kappa shape index (κ3) is 1.47. The standard InChI is InChI=1S/C13H20/c1-3-4-5-11(2)13-8-6-12(10-13)7-9-13/h3,6,8,11-12H,1,4-5,7,9-10H2,2H3. The van der Waals surface area contributed by atoms with Gasteiger partial charge in [-0.2, -0.15) is 0 Å². The summed E-state index contributed by atoms with van der Waals surface area (Å²) in [5.74, 6) is 1.78. The van der Waals surface area contributed by atoms with Gasteiger partial charge in [-0.15, -0.1) is 6.58 Å². The Balaban J connectivity index is 1.99. The molecule has 0 heterocycles. The van der Waals surface area contributed by atoms with Crippen LogP contribution in [-0.4, -0.2) is 0 Å². The van der Waals surface area contributed by atoms with E-state index in [1.54, 1.807) is 0 Å². The molecule has 0 heteroatoms. The van der Waals surface area contributed by atoms with Crippen molar-refractivity contribution in [3.05, 3.63) is 24.8 Å². The molecule has 1 fully saturated rings. The Bertz CT molecular complexity index is 226. The molecule has 2 aliphatic rings. The summed E-state index contributed by atoms with van der Waals surface area (Å²) in [6, 6.07) is 0. The summed E-state index contributed by atoms with van der Waals surface area (Å²) >= 11 is 0. The van der Waals surface area contributed by atoms with Crippen LogP contribution >= 0.6 is 0 Å². The number of hydrogen-bond acceptors (Lipinski definition) is 0. The Morgan fingerprint density at radius 3 is 3.00 bits per heavy atom. The molecule has 0 spiro atoms. The van der Waals surface area contributed by atoms with Gasteiger partial charge in [-0.3, -0.25) is 0 Å². The predicted octanol–water partition coefficient (Wildman–Crippen LogP) is 3.95. The monoisotopic (exact) mass is 176 g/mol. The molecule has 0 aromatic rings. The van der Waals surface area contributed by atoms with Gasteiger partial charge in [0.15, 0.2) is 0 Å². The van der Waals surface area contributed by atoms with E-state index in [0.717, 1.165) is 11.8 Å². The molecule has 0 aliphatic heterocycles. The number of allylic oxidation sites excluding steroid dienone is 3. The van der Waals surface area contributed by atoms with E-state index >= 15 is 0 Å². The maximum Gasteiger partial charge on any atom is -0.00866 e. The zero-order valence-corrected chi connectivity index (χ0v) is 8.63. The van der Waals surface area contributed by atoms with Crippen molar-refractivity contribution in [3.8, 4) is 0 Å². The van der Waals surface area contributed by atoms with E-state index in [-0.39, 0.29) is 0 Å². The van der Waals surface area contributed by atoms with E-state index in [4.69, 9.17) is 0 Å². The fraction of sp³-hybridized carbons (Fsp3) is 0.692. The summed E-state index contributed by atoms with van der Waals surface area (Å²) in [6.45, 7) is 6.22. The van der Waals surface area contributed by atoms with Crippen LogP contribution in [0.1, 0.15) is 39.0 Å². The average molecular weight is 176 g/mol. The third-order valence-electron chi connectivity index (χ3n) is 4.11. The van der Waals surface area contributed by atoms with Crippen molar-refractivity contribution in [3.63, 3.8) is 0 Å². The SMILES string of the molecule is C=CCCC(C)C12C=CC(CC1)C2. The van der Waals surface area contributed by atoms with E-state index in [9.17, 15) is 0 Å². The van der Waals surface area contributed by atoms with Crippen LogP contribution in [-0.2, 0) is 0 Å². The van der Waals surface area contributed by atoms with Gasteiger partial charge < -0.3 is 0 Å². The second-order valence-corrected chi connectivity index (χ2v) is 4.86. The maximum absolute atomic E-state index is 3.80. The van der Waals surface area contributed by atoms with Crippen LogP contribution in [0.2, 0.25) is 0 Å². The van der Waals surface area contributed by atoms with Crippen LogP contribution in [0, 0.1) is 17.3 Å². The molecule has 0 amide bonds. The lowest BCUT2D eigenvalue weighted by Gasteiger charge is -2.31. The number of fused-ring (bicyclic) bond motifs is 2. The Kier molecular flexibility index (Phi) is 2.31. The molecule has 2 aliphatic carbocycles. The first-order valence-electron chi connectivity index (χ1n) is 5.57. The van der Waals surface area contributed by atoms with Gasteiger partial charge in [0.2, 0.25) is 0 Å². The number of hydrogen-bond donors (Lipinski definition) is 0. The highest BCUT2D eigenvalue weighted by molar-refractivity contribution is 5.17. The Labute approximate surface area is 81.7 Å². The fourth-order valence-corrected chi connectivity index (χ4v) is 3.06. The minimum atomic E-state index is 0.591. The molecule has 3 unspecified atom stereocenters. The largest absolute Gasteiger partial charge is 0.103 e. The first-order valence-corrected chi connectivity index (χ1v) is 5.57. The smallest absolute Gasteiger partial charge is 0.00866 e. The van der Waals surface area contributed by atoms with E-state index < -0.39 is 0 Å². The second kappa shape index (κ2) is 3.32.